The predicted octanol–water partition coefficient (Wildman–Crippen LogP) is 3.47. The first-order chi connectivity index (χ1) is 9.45. The van der Waals surface area contributed by atoms with Crippen molar-refractivity contribution in [3.63, 3.8) is 0 Å². The second kappa shape index (κ2) is 6.16. The Bertz CT molecular complexity index is 501. The normalized spacial score (nSPS) is 22.0. The lowest BCUT2D eigenvalue weighted by Gasteiger charge is -2.32. The van der Waals surface area contributed by atoms with Gasteiger partial charge in [0.25, 0.3) is 5.69 Å². The molecule has 7 heteroatoms. The minimum Gasteiger partial charge on any atom is -0.369 e. The maximum Gasteiger partial charge on any atom is 0.272 e. The van der Waals surface area contributed by atoms with Crippen LogP contribution in [0, 0.1) is 16.0 Å². The van der Waals surface area contributed by atoms with E-state index in [9.17, 15) is 10.1 Å². The molecule has 2 N–H and O–H groups in total. The van der Waals surface area contributed by atoms with Crippen LogP contribution in [0.1, 0.15) is 19.3 Å². The number of benzene rings is 1. The lowest BCUT2D eigenvalue weighted by atomic mass is 10.0. The van der Waals surface area contributed by atoms with Gasteiger partial charge in [-0.2, -0.15) is 0 Å². The molecule has 2 unspecified atom stereocenters. The number of nitrogens with two attached hydrogens (primary N) is 1. The lowest BCUT2D eigenvalue weighted by Crippen LogP contribution is -2.38. The third kappa shape index (κ3) is 2.85. The highest BCUT2D eigenvalue weighted by molar-refractivity contribution is 6.39. The van der Waals surface area contributed by atoms with Crippen LogP contribution in [-0.2, 0) is 0 Å². The Morgan fingerprint density at radius 3 is 2.50 bits per heavy atom. The highest BCUT2D eigenvalue weighted by atomic mass is 35.5. The van der Waals surface area contributed by atoms with Crippen molar-refractivity contribution in [3.05, 3.63) is 32.3 Å². The molecule has 1 aliphatic carbocycles. The molecule has 0 amide bonds. The van der Waals surface area contributed by atoms with Gasteiger partial charge in [-0.1, -0.05) is 29.6 Å². The first-order valence-electron chi connectivity index (χ1n) is 6.52. The monoisotopic (exact) mass is 317 g/mol. The van der Waals surface area contributed by atoms with Gasteiger partial charge in [0.05, 0.1) is 20.7 Å². The molecule has 2 atom stereocenters. The first kappa shape index (κ1) is 15.4. The molecule has 1 fully saturated rings. The second-order valence-electron chi connectivity index (χ2n) is 5.12. The molecule has 0 saturated heterocycles. The zero-order chi connectivity index (χ0) is 14.9. The van der Waals surface area contributed by atoms with Crippen LogP contribution < -0.4 is 10.6 Å². The molecule has 2 rings (SSSR count). The summed E-state index contributed by atoms with van der Waals surface area (Å²) >= 11 is 12.4. The van der Waals surface area contributed by atoms with E-state index in [-0.39, 0.29) is 11.7 Å². The number of rotatable bonds is 4. The fourth-order valence-electron chi connectivity index (χ4n) is 2.96. The maximum absolute atomic E-state index is 10.8. The molecule has 1 saturated carbocycles. The van der Waals surface area contributed by atoms with Crippen LogP contribution in [0.25, 0.3) is 0 Å². The van der Waals surface area contributed by atoms with E-state index in [1.807, 2.05) is 11.9 Å². The molecule has 1 aromatic carbocycles. The van der Waals surface area contributed by atoms with E-state index in [4.69, 9.17) is 28.9 Å². The number of nitro benzene ring substituents is 1. The molecule has 0 heterocycles. The van der Waals surface area contributed by atoms with Crippen LogP contribution in [0.2, 0.25) is 10.0 Å². The minimum absolute atomic E-state index is 0.0982. The number of hydrogen-bond donors (Lipinski definition) is 1. The van der Waals surface area contributed by atoms with Crippen molar-refractivity contribution in [1.82, 2.24) is 0 Å². The number of nitro groups is 1. The largest absolute Gasteiger partial charge is 0.369 e. The van der Waals surface area contributed by atoms with Gasteiger partial charge in [0.2, 0.25) is 0 Å². The lowest BCUT2D eigenvalue weighted by molar-refractivity contribution is -0.384. The first-order valence-corrected chi connectivity index (χ1v) is 7.27. The third-order valence-corrected chi connectivity index (χ3v) is 4.56. The summed E-state index contributed by atoms with van der Waals surface area (Å²) in [5, 5.41) is 11.4. The average molecular weight is 318 g/mol. The summed E-state index contributed by atoms with van der Waals surface area (Å²) in [6, 6.07) is 2.95. The van der Waals surface area contributed by atoms with Gasteiger partial charge >= 0.3 is 0 Å². The van der Waals surface area contributed by atoms with Crippen molar-refractivity contribution in [2.75, 3.05) is 18.5 Å². The molecule has 110 valence electrons. The van der Waals surface area contributed by atoms with E-state index >= 15 is 0 Å². The fourth-order valence-corrected chi connectivity index (χ4v) is 3.70. The van der Waals surface area contributed by atoms with E-state index in [0.29, 0.717) is 28.2 Å². The highest BCUT2D eigenvalue weighted by Gasteiger charge is 2.31. The quantitative estimate of drug-likeness (QED) is 0.681. The summed E-state index contributed by atoms with van der Waals surface area (Å²) in [5.41, 5.74) is 6.34. The zero-order valence-corrected chi connectivity index (χ0v) is 12.7. The molecule has 0 aromatic heterocycles. The van der Waals surface area contributed by atoms with Crippen molar-refractivity contribution < 1.29 is 4.92 Å². The van der Waals surface area contributed by atoms with Gasteiger partial charge in [-0.25, -0.2) is 0 Å². The highest BCUT2D eigenvalue weighted by Crippen LogP contribution is 2.41. The Balaban J connectivity index is 2.35. The van der Waals surface area contributed by atoms with Gasteiger partial charge in [-0.15, -0.1) is 0 Å². The number of halogens is 2. The molecular weight excluding hydrogens is 301 g/mol. The zero-order valence-electron chi connectivity index (χ0n) is 11.2. The van der Waals surface area contributed by atoms with Gasteiger partial charge in [0.15, 0.2) is 0 Å². The van der Waals surface area contributed by atoms with Gasteiger partial charge in [0, 0.05) is 25.2 Å². The average Bonchev–Trinajstić information content (AvgIpc) is 2.85. The summed E-state index contributed by atoms with van der Waals surface area (Å²) in [6.07, 6.45) is 3.24. The van der Waals surface area contributed by atoms with E-state index in [2.05, 4.69) is 0 Å². The second-order valence-corrected chi connectivity index (χ2v) is 5.93. The molecular formula is C13H17Cl2N3O2. The van der Waals surface area contributed by atoms with Crippen molar-refractivity contribution in [3.8, 4) is 0 Å². The number of anilines is 1. The van der Waals surface area contributed by atoms with Crippen LogP contribution in [0.15, 0.2) is 12.1 Å². The Kier molecular flexibility index (Phi) is 4.73. The predicted molar refractivity (Wildman–Crippen MR) is 81.7 cm³/mol. The van der Waals surface area contributed by atoms with Crippen LogP contribution in [0.3, 0.4) is 0 Å². The Hall–Kier alpha value is -1.04. The van der Waals surface area contributed by atoms with Gasteiger partial charge in [0.1, 0.15) is 0 Å². The smallest absolute Gasteiger partial charge is 0.272 e. The van der Waals surface area contributed by atoms with Crippen molar-refractivity contribution >= 4 is 34.6 Å². The van der Waals surface area contributed by atoms with E-state index in [1.165, 1.54) is 12.1 Å². The molecule has 1 aliphatic rings. The van der Waals surface area contributed by atoms with Gasteiger partial charge in [-0.05, 0) is 25.3 Å². The summed E-state index contributed by atoms with van der Waals surface area (Å²) in [6.45, 7) is 0.622. The van der Waals surface area contributed by atoms with E-state index in [1.54, 1.807) is 0 Å². The fraction of sp³-hybridized carbons (Fsp3) is 0.538. The summed E-state index contributed by atoms with van der Waals surface area (Å²) in [7, 11) is 1.91. The third-order valence-electron chi connectivity index (χ3n) is 3.98. The van der Waals surface area contributed by atoms with Crippen molar-refractivity contribution in [2.24, 2.45) is 11.7 Å². The number of hydrogen-bond acceptors (Lipinski definition) is 4. The van der Waals surface area contributed by atoms with Crippen molar-refractivity contribution in [1.29, 1.82) is 0 Å². The van der Waals surface area contributed by atoms with Crippen LogP contribution in [0.5, 0.6) is 0 Å². The van der Waals surface area contributed by atoms with Crippen LogP contribution in [-0.4, -0.2) is 24.6 Å². The van der Waals surface area contributed by atoms with E-state index in [0.717, 1.165) is 19.3 Å². The minimum atomic E-state index is -0.500. The number of non-ortho nitro benzene ring substituents is 1. The molecule has 5 nitrogen and oxygen atoms in total. The van der Waals surface area contributed by atoms with Crippen molar-refractivity contribution in [2.45, 2.75) is 25.3 Å². The van der Waals surface area contributed by atoms with Crippen LogP contribution in [0.4, 0.5) is 11.4 Å². The van der Waals surface area contributed by atoms with E-state index < -0.39 is 4.92 Å². The molecule has 1 aromatic rings. The molecule has 0 radical (unpaired) electrons. The summed E-state index contributed by atoms with van der Waals surface area (Å²) in [4.78, 5) is 12.3. The Morgan fingerprint density at radius 2 is 2.00 bits per heavy atom. The number of nitrogens with zero attached hydrogens (tertiary/aromatic N) is 2. The van der Waals surface area contributed by atoms with Crippen LogP contribution >= 0.6 is 23.2 Å². The molecule has 20 heavy (non-hydrogen) atoms. The SMILES string of the molecule is CN(c1c(Cl)cc([N+](=O)[O-])cc1Cl)C1CCCC1CN. The molecule has 0 bridgehead atoms. The summed E-state index contributed by atoms with van der Waals surface area (Å²) in [5.74, 6) is 0.405. The molecule has 0 spiro atoms. The standard InChI is InChI=1S/C13H17Cl2N3O2/c1-17(12-4-2-3-8(12)7-16)13-10(14)5-9(18(19)20)6-11(13)15/h5-6,8,12H,2-4,7,16H2,1H3. The Morgan fingerprint density at radius 1 is 1.40 bits per heavy atom. The summed E-state index contributed by atoms with van der Waals surface area (Å²) < 4.78 is 0. The Labute approximate surface area is 127 Å². The van der Waals surface area contributed by atoms with Gasteiger partial charge < -0.3 is 10.6 Å². The maximum atomic E-state index is 10.8. The van der Waals surface area contributed by atoms with Gasteiger partial charge in [-0.3, -0.25) is 10.1 Å². The topological polar surface area (TPSA) is 72.4 Å². The molecule has 0 aliphatic heterocycles.